The summed E-state index contributed by atoms with van der Waals surface area (Å²) < 4.78 is 40.8. The van der Waals surface area contributed by atoms with E-state index < -0.39 is 17.5 Å². The van der Waals surface area contributed by atoms with E-state index in [2.05, 4.69) is 23.8 Å². The van der Waals surface area contributed by atoms with Gasteiger partial charge in [0.15, 0.2) is 11.6 Å². The van der Waals surface area contributed by atoms with Crippen LogP contribution in [0, 0.1) is 23.4 Å². The van der Waals surface area contributed by atoms with E-state index in [1.165, 1.54) is 12.1 Å². The maximum atomic E-state index is 13.9. The van der Waals surface area contributed by atoms with Crippen molar-refractivity contribution in [3.05, 3.63) is 47.3 Å². The number of benzene rings is 2. The van der Waals surface area contributed by atoms with Crippen LogP contribution in [0.3, 0.4) is 0 Å². The maximum absolute atomic E-state index is 13.9. The summed E-state index contributed by atoms with van der Waals surface area (Å²) in [4.78, 5) is 7.31. The van der Waals surface area contributed by atoms with Crippen molar-refractivity contribution in [3.63, 3.8) is 0 Å². The predicted octanol–water partition coefficient (Wildman–Crippen LogP) is 4.53. The Morgan fingerprint density at radius 3 is 2.50 bits per heavy atom. The predicted molar refractivity (Wildman–Crippen MR) is 86.9 cm³/mol. The van der Waals surface area contributed by atoms with Gasteiger partial charge in [0, 0.05) is 23.4 Å². The molecule has 3 nitrogen and oxygen atoms in total. The highest BCUT2D eigenvalue weighted by Gasteiger charge is 2.49. The first kappa shape index (κ1) is 15.1. The molecule has 1 saturated carbocycles. The lowest BCUT2D eigenvalue weighted by Gasteiger charge is -2.17. The normalized spacial score (nSPS) is 23.0. The van der Waals surface area contributed by atoms with Crippen LogP contribution in [0.5, 0.6) is 0 Å². The molecule has 24 heavy (non-hydrogen) atoms. The van der Waals surface area contributed by atoms with Gasteiger partial charge in [-0.3, -0.25) is 0 Å². The number of H-pyrrole nitrogens is 1. The van der Waals surface area contributed by atoms with Gasteiger partial charge in [-0.2, -0.15) is 0 Å². The summed E-state index contributed by atoms with van der Waals surface area (Å²) in [5.74, 6) is -1.53. The van der Waals surface area contributed by atoms with Crippen LogP contribution in [0.25, 0.3) is 22.4 Å². The topological polar surface area (TPSA) is 54.7 Å². The van der Waals surface area contributed by atoms with Crippen LogP contribution in [0.4, 0.5) is 18.9 Å². The second-order valence-electron chi connectivity index (χ2n) is 6.81. The van der Waals surface area contributed by atoms with Crippen molar-refractivity contribution in [1.29, 1.82) is 0 Å². The molecule has 6 heteroatoms. The summed E-state index contributed by atoms with van der Waals surface area (Å²) in [5, 5.41) is 0. The number of hydrogen-bond donors (Lipinski definition) is 2. The molecule has 1 aliphatic carbocycles. The molecule has 0 aliphatic heterocycles. The second kappa shape index (κ2) is 4.75. The number of imidazole rings is 1. The lowest BCUT2D eigenvalue weighted by atomic mass is 9.89. The van der Waals surface area contributed by atoms with E-state index >= 15 is 0 Å². The van der Waals surface area contributed by atoms with Crippen molar-refractivity contribution >= 4 is 16.7 Å². The molecule has 0 spiro atoms. The van der Waals surface area contributed by atoms with E-state index in [9.17, 15) is 13.2 Å². The number of nitrogens with zero attached hydrogens (tertiary/aromatic N) is 1. The first-order chi connectivity index (χ1) is 11.3. The third-order valence-electron chi connectivity index (χ3n) is 5.17. The number of anilines is 1. The maximum Gasteiger partial charge on any atom is 0.161 e. The Bertz CT molecular complexity index is 940. The first-order valence-corrected chi connectivity index (χ1v) is 7.74. The molecule has 0 saturated heterocycles. The quantitative estimate of drug-likeness (QED) is 0.678. The van der Waals surface area contributed by atoms with Crippen molar-refractivity contribution in [2.45, 2.75) is 25.7 Å². The van der Waals surface area contributed by atoms with Gasteiger partial charge in [-0.05, 0) is 35.4 Å². The number of nitrogens with two attached hydrogens (primary N) is 1. The minimum absolute atomic E-state index is 0.180. The highest BCUT2D eigenvalue weighted by Crippen LogP contribution is 2.56. The number of nitrogen functional groups attached to an aromatic ring is 1. The largest absolute Gasteiger partial charge is 0.398 e. The van der Waals surface area contributed by atoms with E-state index in [4.69, 9.17) is 5.73 Å². The molecule has 1 aromatic heterocycles. The van der Waals surface area contributed by atoms with Crippen molar-refractivity contribution in [3.8, 4) is 11.4 Å². The van der Waals surface area contributed by atoms with Gasteiger partial charge < -0.3 is 10.7 Å². The SMILES string of the molecule is CC1CC1(C)c1cc(F)cc(N)c1-c1nc2cc(F)c(F)cc2[nH]1. The molecule has 3 N–H and O–H groups in total. The van der Waals surface area contributed by atoms with Crippen LogP contribution in [-0.2, 0) is 5.41 Å². The molecule has 4 rings (SSSR count). The van der Waals surface area contributed by atoms with E-state index in [0.29, 0.717) is 28.3 Å². The van der Waals surface area contributed by atoms with Crippen LogP contribution in [-0.4, -0.2) is 9.97 Å². The summed E-state index contributed by atoms with van der Waals surface area (Å²) in [5.41, 5.74) is 8.17. The van der Waals surface area contributed by atoms with Crippen molar-refractivity contribution in [2.24, 2.45) is 5.92 Å². The Kier molecular flexibility index (Phi) is 2.98. The molecule has 0 radical (unpaired) electrons. The number of halogens is 3. The van der Waals surface area contributed by atoms with E-state index in [0.717, 1.165) is 24.1 Å². The Hall–Kier alpha value is -2.50. The van der Waals surface area contributed by atoms with Gasteiger partial charge in [0.25, 0.3) is 0 Å². The van der Waals surface area contributed by atoms with Gasteiger partial charge >= 0.3 is 0 Å². The monoisotopic (exact) mass is 331 g/mol. The number of aromatic nitrogens is 2. The molecule has 0 amide bonds. The van der Waals surface area contributed by atoms with Crippen LogP contribution < -0.4 is 5.73 Å². The highest BCUT2D eigenvalue weighted by molar-refractivity contribution is 5.84. The van der Waals surface area contributed by atoms with Gasteiger partial charge in [0.1, 0.15) is 11.6 Å². The molecule has 1 heterocycles. The van der Waals surface area contributed by atoms with Gasteiger partial charge in [0.2, 0.25) is 0 Å². The molecule has 124 valence electrons. The molecular formula is C18H16F3N3. The fourth-order valence-electron chi connectivity index (χ4n) is 3.42. The smallest absolute Gasteiger partial charge is 0.161 e. The highest BCUT2D eigenvalue weighted by atomic mass is 19.2. The summed E-state index contributed by atoms with van der Waals surface area (Å²) in [6.07, 6.45) is 0.923. The number of fused-ring (bicyclic) bond motifs is 1. The zero-order valence-corrected chi connectivity index (χ0v) is 13.3. The fraction of sp³-hybridized carbons (Fsp3) is 0.278. The number of hydrogen-bond acceptors (Lipinski definition) is 2. The number of aromatic amines is 1. The van der Waals surface area contributed by atoms with Gasteiger partial charge in [-0.25, -0.2) is 18.2 Å². The van der Waals surface area contributed by atoms with Crippen molar-refractivity contribution in [2.75, 3.05) is 5.73 Å². The zero-order valence-electron chi connectivity index (χ0n) is 13.3. The van der Waals surface area contributed by atoms with Gasteiger partial charge in [-0.1, -0.05) is 13.8 Å². The Labute approximate surface area is 136 Å². The molecule has 2 atom stereocenters. The first-order valence-electron chi connectivity index (χ1n) is 7.74. The van der Waals surface area contributed by atoms with Gasteiger partial charge in [0.05, 0.1) is 11.0 Å². The molecule has 3 aromatic rings. The Morgan fingerprint density at radius 1 is 1.17 bits per heavy atom. The van der Waals surface area contributed by atoms with Crippen molar-refractivity contribution < 1.29 is 13.2 Å². The minimum atomic E-state index is -0.962. The zero-order chi connectivity index (χ0) is 17.2. The molecule has 1 fully saturated rings. The molecule has 2 aromatic carbocycles. The molecule has 1 aliphatic rings. The summed E-state index contributed by atoms with van der Waals surface area (Å²) >= 11 is 0. The van der Waals surface area contributed by atoms with Gasteiger partial charge in [-0.15, -0.1) is 0 Å². The molecule has 2 unspecified atom stereocenters. The average Bonchev–Trinajstić information content (AvgIpc) is 2.92. The Balaban J connectivity index is 1.97. The Morgan fingerprint density at radius 2 is 1.83 bits per heavy atom. The average molecular weight is 331 g/mol. The third kappa shape index (κ3) is 2.09. The second-order valence-corrected chi connectivity index (χ2v) is 6.81. The molecular weight excluding hydrogens is 315 g/mol. The summed E-state index contributed by atoms with van der Waals surface area (Å²) in [7, 11) is 0. The number of rotatable bonds is 2. The van der Waals surface area contributed by atoms with E-state index in [1.54, 1.807) is 0 Å². The number of nitrogens with one attached hydrogen (secondary N) is 1. The van der Waals surface area contributed by atoms with E-state index in [1.807, 2.05) is 0 Å². The summed E-state index contributed by atoms with van der Waals surface area (Å²) in [6.45, 7) is 4.14. The fourth-order valence-corrected chi connectivity index (χ4v) is 3.42. The van der Waals surface area contributed by atoms with Crippen molar-refractivity contribution in [1.82, 2.24) is 9.97 Å². The summed E-state index contributed by atoms with van der Waals surface area (Å²) in [6, 6.07) is 4.81. The van der Waals surface area contributed by atoms with Crippen LogP contribution in [0.1, 0.15) is 25.8 Å². The van der Waals surface area contributed by atoms with Crippen LogP contribution >= 0.6 is 0 Å². The third-order valence-corrected chi connectivity index (χ3v) is 5.17. The van der Waals surface area contributed by atoms with Crippen LogP contribution in [0.2, 0.25) is 0 Å². The molecule has 0 bridgehead atoms. The lowest BCUT2D eigenvalue weighted by molar-refractivity contribution is 0.510. The van der Waals surface area contributed by atoms with Crippen LogP contribution in [0.15, 0.2) is 24.3 Å². The van der Waals surface area contributed by atoms with E-state index in [-0.39, 0.29) is 11.1 Å². The minimum Gasteiger partial charge on any atom is -0.398 e. The standard InChI is InChI=1S/C18H16F3N3/c1-8-7-18(8,2)10-3-9(19)4-13(22)16(10)17-23-14-5-11(20)12(21)6-15(14)24-17/h3-6,8H,7,22H2,1-2H3,(H,23,24). The lowest BCUT2D eigenvalue weighted by Crippen LogP contribution is -2.09.